The molecule has 0 aromatic heterocycles. The van der Waals surface area contributed by atoms with Gasteiger partial charge in [0, 0.05) is 15.7 Å². The molecule has 5 heteroatoms. The molecule has 76 valence electrons. The van der Waals surface area contributed by atoms with Gasteiger partial charge in [0.15, 0.2) is 0 Å². The van der Waals surface area contributed by atoms with Crippen LogP contribution in [0.5, 0.6) is 0 Å². The van der Waals surface area contributed by atoms with Crippen molar-refractivity contribution in [2.75, 3.05) is 5.75 Å². The molecule has 0 aliphatic rings. The first kappa shape index (κ1) is 11.4. The number of benzene rings is 1. The number of carbonyl (C=O) groups excluding carboxylic acids is 1. The van der Waals surface area contributed by atoms with Crippen molar-refractivity contribution in [2.24, 2.45) is 11.5 Å². The third-order valence-corrected chi connectivity index (χ3v) is 2.99. The Kier molecular flexibility index (Phi) is 4.25. The molecule has 0 radical (unpaired) electrons. The molecule has 0 heterocycles. The standard InChI is InChI=1S/C9H11ClN2OS/c10-6-1-3-7(4-2-6)14-5-8(11)9(12)13/h1-4,8H,5,11H2,(H2,12,13)/t8-/m0/s1. The molecular weight excluding hydrogens is 220 g/mol. The molecule has 0 saturated heterocycles. The summed E-state index contributed by atoms with van der Waals surface area (Å²) in [4.78, 5) is 11.7. The Labute approximate surface area is 91.8 Å². The minimum atomic E-state index is -0.601. The highest BCUT2D eigenvalue weighted by Gasteiger charge is 2.08. The second kappa shape index (κ2) is 5.24. The van der Waals surface area contributed by atoms with Crippen LogP contribution in [0.3, 0.4) is 0 Å². The van der Waals surface area contributed by atoms with Gasteiger partial charge >= 0.3 is 0 Å². The average Bonchev–Trinajstić information content (AvgIpc) is 2.16. The Morgan fingerprint density at radius 1 is 1.43 bits per heavy atom. The van der Waals surface area contributed by atoms with Crippen molar-refractivity contribution in [3.05, 3.63) is 29.3 Å². The van der Waals surface area contributed by atoms with E-state index < -0.39 is 11.9 Å². The molecule has 1 amide bonds. The van der Waals surface area contributed by atoms with Crippen LogP contribution < -0.4 is 11.5 Å². The van der Waals surface area contributed by atoms with Crippen LogP contribution in [0, 0.1) is 0 Å². The SMILES string of the molecule is NC(=O)[C@@H](N)CSc1ccc(Cl)cc1. The summed E-state index contributed by atoms with van der Waals surface area (Å²) in [5, 5.41) is 0.688. The molecule has 1 aromatic rings. The summed E-state index contributed by atoms with van der Waals surface area (Å²) in [5.41, 5.74) is 10.5. The molecule has 0 bridgehead atoms. The second-order valence-electron chi connectivity index (χ2n) is 2.77. The third kappa shape index (κ3) is 3.57. The van der Waals surface area contributed by atoms with E-state index in [-0.39, 0.29) is 0 Å². The van der Waals surface area contributed by atoms with Gasteiger partial charge < -0.3 is 11.5 Å². The van der Waals surface area contributed by atoms with E-state index in [4.69, 9.17) is 23.1 Å². The summed E-state index contributed by atoms with van der Waals surface area (Å²) in [6, 6.07) is 6.73. The highest BCUT2D eigenvalue weighted by molar-refractivity contribution is 7.99. The van der Waals surface area contributed by atoms with Gasteiger partial charge in [-0.1, -0.05) is 11.6 Å². The summed E-state index contributed by atoms with van der Waals surface area (Å²) >= 11 is 7.20. The Morgan fingerprint density at radius 3 is 2.50 bits per heavy atom. The number of hydrogen-bond acceptors (Lipinski definition) is 3. The predicted molar refractivity (Wildman–Crippen MR) is 59.3 cm³/mol. The first-order valence-corrected chi connectivity index (χ1v) is 5.39. The van der Waals surface area contributed by atoms with E-state index in [0.717, 1.165) is 4.90 Å². The van der Waals surface area contributed by atoms with Gasteiger partial charge in [-0.3, -0.25) is 4.79 Å². The highest BCUT2D eigenvalue weighted by atomic mass is 35.5. The van der Waals surface area contributed by atoms with Crippen LogP contribution in [0.2, 0.25) is 5.02 Å². The van der Waals surface area contributed by atoms with Crippen molar-refractivity contribution < 1.29 is 4.79 Å². The quantitative estimate of drug-likeness (QED) is 0.765. The lowest BCUT2D eigenvalue weighted by molar-refractivity contribution is -0.118. The molecule has 0 aliphatic heterocycles. The second-order valence-corrected chi connectivity index (χ2v) is 4.30. The zero-order chi connectivity index (χ0) is 10.6. The summed E-state index contributed by atoms with van der Waals surface area (Å²) < 4.78 is 0. The van der Waals surface area contributed by atoms with Gasteiger partial charge in [-0.25, -0.2) is 0 Å². The third-order valence-electron chi connectivity index (χ3n) is 1.61. The van der Waals surface area contributed by atoms with Crippen molar-refractivity contribution in [2.45, 2.75) is 10.9 Å². The molecule has 0 unspecified atom stereocenters. The number of carbonyl (C=O) groups is 1. The van der Waals surface area contributed by atoms with Crippen LogP contribution in [0.4, 0.5) is 0 Å². The first-order valence-electron chi connectivity index (χ1n) is 4.03. The number of halogens is 1. The summed E-state index contributed by atoms with van der Waals surface area (Å²) in [6.07, 6.45) is 0. The number of rotatable bonds is 4. The fraction of sp³-hybridized carbons (Fsp3) is 0.222. The zero-order valence-electron chi connectivity index (χ0n) is 7.44. The fourth-order valence-corrected chi connectivity index (χ4v) is 1.79. The van der Waals surface area contributed by atoms with Gasteiger partial charge in [0.25, 0.3) is 0 Å². The van der Waals surface area contributed by atoms with Gasteiger partial charge in [0.1, 0.15) is 0 Å². The zero-order valence-corrected chi connectivity index (χ0v) is 9.02. The Balaban J connectivity index is 2.46. The normalized spacial score (nSPS) is 12.4. The van der Waals surface area contributed by atoms with Crippen LogP contribution in [0.15, 0.2) is 29.2 Å². The number of hydrogen-bond donors (Lipinski definition) is 2. The van der Waals surface area contributed by atoms with Crippen molar-refractivity contribution in [1.82, 2.24) is 0 Å². The van der Waals surface area contributed by atoms with E-state index in [9.17, 15) is 4.79 Å². The summed E-state index contributed by atoms with van der Waals surface area (Å²) in [5.74, 6) is 0.00297. The maximum atomic E-state index is 10.6. The van der Waals surface area contributed by atoms with Gasteiger partial charge in [0.2, 0.25) is 5.91 Å². The lowest BCUT2D eigenvalue weighted by Gasteiger charge is -2.06. The number of thioether (sulfide) groups is 1. The Morgan fingerprint density at radius 2 is 2.00 bits per heavy atom. The molecular formula is C9H11ClN2OS. The van der Waals surface area contributed by atoms with Crippen molar-refractivity contribution in [3.8, 4) is 0 Å². The Hall–Kier alpha value is -0.710. The van der Waals surface area contributed by atoms with E-state index in [1.165, 1.54) is 11.8 Å². The maximum absolute atomic E-state index is 10.6. The van der Waals surface area contributed by atoms with Crippen LogP contribution in [-0.4, -0.2) is 17.7 Å². The maximum Gasteiger partial charge on any atom is 0.235 e. The molecule has 0 spiro atoms. The van der Waals surface area contributed by atoms with Crippen LogP contribution in [0.25, 0.3) is 0 Å². The molecule has 1 aromatic carbocycles. The lowest BCUT2D eigenvalue weighted by atomic mass is 10.3. The largest absolute Gasteiger partial charge is 0.368 e. The van der Waals surface area contributed by atoms with E-state index in [1.54, 1.807) is 12.1 Å². The monoisotopic (exact) mass is 230 g/mol. The Bertz CT molecular complexity index is 315. The number of amides is 1. The van der Waals surface area contributed by atoms with Crippen molar-refractivity contribution in [1.29, 1.82) is 0 Å². The van der Waals surface area contributed by atoms with E-state index in [1.807, 2.05) is 12.1 Å². The van der Waals surface area contributed by atoms with E-state index >= 15 is 0 Å². The summed E-state index contributed by atoms with van der Waals surface area (Å²) in [7, 11) is 0. The number of nitrogens with two attached hydrogens (primary N) is 2. The van der Waals surface area contributed by atoms with Gasteiger partial charge in [0.05, 0.1) is 6.04 Å². The van der Waals surface area contributed by atoms with Crippen LogP contribution in [0.1, 0.15) is 0 Å². The van der Waals surface area contributed by atoms with E-state index in [0.29, 0.717) is 10.8 Å². The highest BCUT2D eigenvalue weighted by Crippen LogP contribution is 2.20. The van der Waals surface area contributed by atoms with Gasteiger partial charge in [-0.15, -0.1) is 11.8 Å². The predicted octanol–water partition coefficient (Wildman–Crippen LogP) is 1.24. The van der Waals surface area contributed by atoms with Crippen LogP contribution >= 0.6 is 23.4 Å². The van der Waals surface area contributed by atoms with Crippen LogP contribution in [-0.2, 0) is 4.79 Å². The smallest absolute Gasteiger partial charge is 0.235 e. The molecule has 0 fully saturated rings. The molecule has 0 aliphatic carbocycles. The van der Waals surface area contributed by atoms with E-state index in [2.05, 4.69) is 0 Å². The van der Waals surface area contributed by atoms with Crippen molar-refractivity contribution in [3.63, 3.8) is 0 Å². The number of primary amides is 1. The molecule has 0 saturated carbocycles. The fourth-order valence-electron chi connectivity index (χ4n) is 0.799. The topological polar surface area (TPSA) is 69.1 Å². The molecule has 3 nitrogen and oxygen atoms in total. The molecule has 4 N–H and O–H groups in total. The summed E-state index contributed by atoms with van der Waals surface area (Å²) in [6.45, 7) is 0. The minimum absolute atomic E-state index is 0.480. The molecule has 14 heavy (non-hydrogen) atoms. The van der Waals surface area contributed by atoms with Gasteiger partial charge in [-0.2, -0.15) is 0 Å². The molecule has 1 rings (SSSR count). The first-order chi connectivity index (χ1) is 6.59. The minimum Gasteiger partial charge on any atom is -0.368 e. The molecule has 1 atom stereocenters. The van der Waals surface area contributed by atoms with Crippen molar-refractivity contribution >= 4 is 29.3 Å². The lowest BCUT2D eigenvalue weighted by Crippen LogP contribution is -2.38. The van der Waals surface area contributed by atoms with Gasteiger partial charge in [-0.05, 0) is 24.3 Å². The average molecular weight is 231 g/mol.